The summed E-state index contributed by atoms with van der Waals surface area (Å²) >= 11 is 6.23. The van der Waals surface area contributed by atoms with E-state index in [1.54, 1.807) is 31.2 Å². The van der Waals surface area contributed by atoms with Crippen LogP contribution >= 0.6 is 11.6 Å². The summed E-state index contributed by atoms with van der Waals surface area (Å²) in [5.41, 5.74) is 0.00910. The van der Waals surface area contributed by atoms with Crippen LogP contribution in [0.2, 0.25) is 5.02 Å². The molecule has 0 aliphatic carbocycles. The Morgan fingerprint density at radius 1 is 1.24 bits per heavy atom. The van der Waals surface area contributed by atoms with Gasteiger partial charge in [0.25, 0.3) is 0 Å². The molecule has 7 heteroatoms. The molecule has 4 rings (SSSR count). The van der Waals surface area contributed by atoms with Gasteiger partial charge in [-0.25, -0.2) is 4.79 Å². The van der Waals surface area contributed by atoms with Crippen molar-refractivity contribution in [1.82, 2.24) is 5.32 Å². The van der Waals surface area contributed by atoms with E-state index in [0.29, 0.717) is 10.6 Å². The van der Waals surface area contributed by atoms with Crippen LogP contribution in [0, 0.1) is 11.8 Å². The Labute approximate surface area is 174 Å². The molecule has 0 unspecified atom stereocenters. The smallest absolute Gasteiger partial charge is 0.331 e. The van der Waals surface area contributed by atoms with E-state index in [1.807, 2.05) is 24.3 Å². The monoisotopic (exact) mass is 415 g/mol. The molecule has 29 heavy (non-hydrogen) atoms. The second kappa shape index (κ2) is 7.69. The number of carbonyl (C=O) groups excluding carboxylic acids is 2. The average Bonchev–Trinajstić information content (AvgIpc) is 3.10. The number of para-hydroxylation sites is 1. The van der Waals surface area contributed by atoms with Gasteiger partial charge in [0.15, 0.2) is 5.54 Å². The van der Waals surface area contributed by atoms with Crippen molar-refractivity contribution in [2.45, 2.75) is 18.5 Å². The van der Waals surface area contributed by atoms with E-state index in [1.165, 1.54) is 7.11 Å². The van der Waals surface area contributed by atoms with E-state index in [-0.39, 0.29) is 25.2 Å². The standard InChI is InChI=1S/C22H22ClNO5/c1-3-28-20(25)18-16-12-29-17-10-5-4-9-15(17)19(16)24-22(18,21(26)27-2)13-7-6-8-14(23)11-13/h4-11,16,18-19,24H,3,12H2,1-2H3/t16-,18+,19+,22+/m0/s1. The quantitative estimate of drug-likeness (QED) is 0.773. The Hall–Kier alpha value is -2.57. The number of hydrogen-bond acceptors (Lipinski definition) is 6. The fraction of sp³-hybridized carbons (Fsp3) is 0.364. The lowest BCUT2D eigenvalue weighted by Crippen LogP contribution is -2.53. The van der Waals surface area contributed by atoms with Crippen LogP contribution in [0.15, 0.2) is 48.5 Å². The van der Waals surface area contributed by atoms with E-state index in [9.17, 15) is 9.59 Å². The SMILES string of the molecule is CCOC(=O)[C@H]1[C@@H]2COc3ccccc3[C@H]2N[C@]1(C(=O)OC)c1cccc(Cl)c1. The topological polar surface area (TPSA) is 73.9 Å². The normalized spacial score (nSPS) is 27.3. The Morgan fingerprint density at radius 2 is 2.03 bits per heavy atom. The molecule has 152 valence electrons. The number of nitrogens with one attached hydrogen (secondary N) is 1. The summed E-state index contributed by atoms with van der Waals surface area (Å²) in [7, 11) is 1.31. The maximum absolute atomic E-state index is 13.2. The Balaban J connectivity index is 1.92. The van der Waals surface area contributed by atoms with E-state index >= 15 is 0 Å². The highest BCUT2D eigenvalue weighted by Crippen LogP contribution is 2.53. The number of carbonyl (C=O) groups is 2. The Morgan fingerprint density at radius 3 is 2.76 bits per heavy atom. The molecule has 0 bridgehead atoms. The molecule has 6 nitrogen and oxygen atoms in total. The number of ether oxygens (including phenoxy) is 3. The molecule has 0 radical (unpaired) electrons. The number of methoxy groups -OCH3 is 1. The zero-order chi connectivity index (χ0) is 20.6. The van der Waals surface area contributed by atoms with Crippen LogP contribution in [0.25, 0.3) is 0 Å². The third-order valence-corrected chi connectivity index (χ3v) is 5.95. The van der Waals surface area contributed by atoms with Crippen LogP contribution in [0.5, 0.6) is 5.75 Å². The molecule has 0 amide bonds. The lowest BCUT2D eigenvalue weighted by atomic mass is 9.74. The van der Waals surface area contributed by atoms with E-state index in [0.717, 1.165) is 11.3 Å². The summed E-state index contributed by atoms with van der Waals surface area (Å²) < 4.78 is 16.5. The van der Waals surface area contributed by atoms with Crippen molar-refractivity contribution in [2.75, 3.05) is 20.3 Å². The lowest BCUT2D eigenvalue weighted by Gasteiger charge is -2.33. The predicted molar refractivity (Wildman–Crippen MR) is 107 cm³/mol. The molecule has 2 aromatic carbocycles. The van der Waals surface area contributed by atoms with Crippen molar-refractivity contribution in [3.63, 3.8) is 0 Å². The van der Waals surface area contributed by atoms with Gasteiger partial charge in [-0.1, -0.05) is 41.9 Å². The second-order valence-electron chi connectivity index (χ2n) is 7.17. The molecule has 2 heterocycles. The van der Waals surface area contributed by atoms with Gasteiger partial charge in [0.05, 0.1) is 26.2 Å². The summed E-state index contributed by atoms with van der Waals surface area (Å²) in [6, 6.07) is 14.2. The van der Waals surface area contributed by atoms with E-state index < -0.39 is 23.4 Å². The van der Waals surface area contributed by atoms with Crippen molar-refractivity contribution in [2.24, 2.45) is 11.8 Å². The van der Waals surface area contributed by atoms with Crippen LogP contribution in [0.4, 0.5) is 0 Å². The van der Waals surface area contributed by atoms with E-state index in [2.05, 4.69) is 5.32 Å². The molecule has 0 aromatic heterocycles. The van der Waals surface area contributed by atoms with Crippen molar-refractivity contribution in [1.29, 1.82) is 0 Å². The number of rotatable bonds is 4. The van der Waals surface area contributed by atoms with Crippen molar-refractivity contribution in [3.8, 4) is 5.75 Å². The maximum atomic E-state index is 13.2. The van der Waals surface area contributed by atoms with Crippen molar-refractivity contribution < 1.29 is 23.8 Å². The third kappa shape index (κ3) is 3.07. The van der Waals surface area contributed by atoms with Gasteiger partial charge >= 0.3 is 11.9 Å². The number of benzene rings is 2. The van der Waals surface area contributed by atoms with Crippen LogP contribution in [-0.4, -0.2) is 32.3 Å². The summed E-state index contributed by atoms with van der Waals surface area (Å²) in [5, 5.41) is 3.89. The van der Waals surface area contributed by atoms with Crippen molar-refractivity contribution >= 4 is 23.5 Å². The highest BCUT2D eigenvalue weighted by molar-refractivity contribution is 6.30. The zero-order valence-electron chi connectivity index (χ0n) is 16.2. The fourth-order valence-electron chi connectivity index (χ4n) is 4.56. The highest BCUT2D eigenvalue weighted by Gasteiger charge is 2.64. The van der Waals surface area contributed by atoms with Gasteiger partial charge in [0, 0.05) is 22.5 Å². The minimum absolute atomic E-state index is 0.205. The fourth-order valence-corrected chi connectivity index (χ4v) is 4.75. The summed E-state index contributed by atoms with van der Waals surface area (Å²) in [6.45, 7) is 2.22. The minimum atomic E-state index is -1.44. The van der Waals surface area contributed by atoms with Gasteiger partial charge < -0.3 is 14.2 Å². The first-order valence-electron chi connectivity index (χ1n) is 9.53. The summed E-state index contributed by atoms with van der Waals surface area (Å²) in [5.74, 6) is -1.46. The number of fused-ring (bicyclic) bond motifs is 3. The first-order valence-corrected chi connectivity index (χ1v) is 9.91. The Kier molecular flexibility index (Phi) is 5.23. The van der Waals surface area contributed by atoms with Crippen LogP contribution in [-0.2, 0) is 24.6 Å². The third-order valence-electron chi connectivity index (χ3n) is 5.72. The van der Waals surface area contributed by atoms with Gasteiger partial charge in [0.2, 0.25) is 0 Å². The number of hydrogen-bond donors (Lipinski definition) is 1. The van der Waals surface area contributed by atoms with Crippen LogP contribution in [0.1, 0.15) is 24.1 Å². The van der Waals surface area contributed by atoms with Gasteiger partial charge in [0.1, 0.15) is 5.75 Å². The Bertz CT molecular complexity index is 948. The summed E-state index contributed by atoms with van der Waals surface area (Å²) in [4.78, 5) is 26.4. The first-order chi connectivity index (χ1) is 14.0. The molecule has 1 saturated heterocycles. The molecular weight excluding hydrogens is 394 g/mol. The molecule has 1 N–H and O–H groups in total. The largest absolute Gasteiger partial charge is 0.493 e. The molecule has 2 aromatic rings. The summed E-state index contributed by atoms with van der Waals surface area (Å²) in [6.07, 6.45) is 0. The molecule has 1 fully saturated rings. The number of esters is 2. The maximum Gasteiger partial charge on any atom is 0.331 e. The number of halogens is 1. The molecular formula is C22H22ClNO5. The van der Waals surface area contributed by atoms with Gasteiger partial charge in [-0.15, -0.1) is 0 Å². The van der Waals surface area contributed by atoms with Crippen LogP contribution in [0.3, 0.4) is 0 Å². The lowest BCUT2D eigenvalue weighted by molar-refractivity contribution is -0.162. The zero-order valence-corrected chi connectivity index (χ0v) is 16.9. The predicted octanol–water partition coefficient (Wildman–Crippen LogP) is 3.24. The van der Waals surface area contributed by atoms with E-state index in [4.69, 9.17) is 25.8 Å². The molecule has 2 aliphatic rings. The second-order valence-corrected chi connectivity index (χ2v) is 7.61. The van der Waals surface area contributed by atoms with Crippen LogP contribution < -0.4 is 10.1 Å². The van der Waals surface area contributed by atoms with Gasteiger partial charge in [-0.3, -0.25) is 10.1 Å². The minimum Gasteiger partial charge on any atom is -0.493 e. The molecule has 0 spiro atoms. The van der Waals surface area contributed by atoms with Gasteiger partial charge in [-0.2, -0.15) is 0 Å². The van der Waals surface area contributed by atoms with Gasteiger partial charge in [-0.05, 0) is 30.7 Å². The molecule has 4 atom stereocenters. The highest BCUT2D eigenvalue weighted by atomic mass is 35.5. The molecule has 2 aliphatic heterocycles. The molecule has 0 saturated carbocycles. The van der Waals surface area contributed by atoms with Crippen molar-refractivity contribution in [3.05, 3.63) is 64.7 Å². The average molecular weight is 416 g/mol. The first kappa shape index (κ1) is 19.7.